The fourth-order valence-corrected chi connectivity index (χ4v) is 9.43. The number of hydrogen-bond donors (Lipinski definition) is 0. The predicted molar refractivity (Wildman–Crippen MR) is 232 cm³/mol. The Hall–Kier alpha value is -7.01. The molecule has 3 nitrogen and oxygen atoms in total. The maximum atomic E-state index is 5.49. The van der Waals surface area contributed by atoms with Crippen molar-refractivity contribution in [1.82, 2.24) is 15.0 Å². The third-order valence-corrected chi connectivity index (χ3v) is 12.0. The van der Waals surface area contributed by atoms with Gasteiger partial charge in [-0.2, -0.15) is 0 Å². The highest BCUT2D eigenvalue weighted by atomic mass is 32.1. The van der Waals surface area contributed by atoms with Gasteiger partial charge in [-0.3, -0.25) is 0 Å². The number of fused-ring (bicyclic) bond motifs is 7. The first-order valence-corrected chi connectivity index (χ1v) is 19.3. The normalized spacial score (nSPS) is 11.6. The van der Waals surface area contributed by atoms with E-state index in [1.165, 1.54) is 41.7 Å². The third kappa shape index (κ3) is 5.22. The summed E-state index contributed by atoms with van der Waals surface area (Å²) in [6.45, 7) is 0. The second kappa shape index (κ2) is 12.8. The van der Waals surface area contributed by atoms with Gasteiger partial charge in [0, 0.05) is 36.9 Å². The molecule has 2 aromatic heterocycles. The average Bonchev–Trinajstić information content (AvgIpc) is 3.65. The van der Waals surface area contributed by atoms with E-state index in [9.17, 15) is 0 Å². The Morgan fingerprint density at radius 2 is 0.891 bits per heavy atom. The molecular formula is C51H31N3S. The van der Waals surface area contributed by atoms with Gasteiger partial charge < -0.3 is 0 Å². The zero-order valence-corrected chi connectivity index (χ0v) is 30.5. The summed E-state index contributed by atoms with van der Waals surface area (Å²) in [6.07, 6.45) is 0. The van der Waals surface area contributed by atoms with Crippen molar-refractivity contribution in [2.45, 2.75) is 0 Å². The fourth-order valence-electron chi connectivity index (χ4n) is 8.21. The van der Waals surface area contributed by atoms with E-state index in [1.54, 1.807) is 11.3 Å². The second-order valence-corrected chi connectivity index (χ2v) is 15.0. The molecule has 0 aliphatic rings. The summed E-state index contributed by atoms with van der Waals surface area (Å²) < 4.78 is 2.41. The van der Waals surface area contributed by atoms with E-state index in [-0.39, 0.29) is 0 Å². The molecule has 9 aromatic carbocycles. The first kappa shape index (κ1) is 31.5. The van der Waals surface area contributed by atoms with Crippen LogP contribution in [0.5, 0.6) is 0 Å². The van der Waals surface area contributed by atoms with E-state index in [4.69, 9.17) is 15.0 Å². The summed E-state index contributed by atoms with van der Waals surface area (Å²) in [5.41, 5.74) is 7.37. The fraction of sp³-hybridized carbons (Fsp3) is 0. The smallest absolute Gasteiger partial charge is 0.165 e. The topological polar surface area (TPSA) is 38.7 Å². The number of aromatic nitrogens is 3. The second-order valence-electron chi connectivity index (χ2n) is 13.9. The van der Waals surface area contributed by atoms with Crippen LogP contribution in [0.3, 0.4) is 0 Å². The molecule has 0 saturated heterocycles. The van der Waals surface area contributed by atoms with Crippen LogP contribution in [0.1, 0.15) is 0 Å². The van der Waals surface area contributed by atoms with Crippen molar-refractivity contribution in [1.29, 1.82) is 0 Å². The van der Waals surface area contributed by atoms with Gasteiger partial charge in [-0.15, -0.1) is 11.3 Å². The maximum absolute atomic E-state index is 5.49. The molecule has 0 aliphatic heterocycles. The van der Waals surface area contributed by atoms with E-state index >= 15 is 0 Å². The van der Waals surface area contributed by atoms with Crippen LogP contribution in [0.4, 0.5) is 0 Å². The first-order chi connectivity index (χ1) is 27.3. The lowest BCUT2D eigenvalue weighted by atomic mass is 9.88. The van der Waals surface area contributed by atoms with Crippen LogP contribution in [0.25, 0.3) is 109 Å². The number of nitrogens with zero attached hydrogens (tertiary/aromatic N) is 3. The minimum atomic E-state index is 0.639. The maximum Gasteiger partial charge on any atom is 0.165 e. The van der Waals surface area contributed by atoms with Crippen LogP contribution >= 0.6 is 11.3 Å². The molecule has 0 unspecified atom stereocenters. The lowest BCUT2D eigenvalue weighted by Crippen LogP contribution is -2.02. The molecule has 0 saturated carbocycles. The molecule has 0 bridgehead atoms. The number of benzene rings is 9. The van der Waals surface area contributed by atoms with Gasteiger partial charge in [0.15, 0.2) is 17.5 Å². The van der Waals surface area contributed by atoms with Crippen LogP contribution in [-0.4, -0.2) is 15.0 Å². The number of rotatable bonds is 5. The standard InChI is InChI=1S/C51H31N3S/c1-2-15-32(16-3-1)35-19-8-11-25-43(35)49-52-50(44-27-14-26-42-40-24-12-13-28-46(40)55-48(42)44)54-51(53-49)47-37-21-7-4-17-33(37)29-30-41(47)45-31-34-18-5-6-20-36(34)38-22-9-10-23-39(38)45/h1-31H. The Balaban J connectivity index is 1.26. The molecule has 0 atom stereocenters. The lowest BCUT2D eigenvalue weighted by Gasteiger charge is -2.18. The highest BCUT2D eigenvalue weighted by Crippen LogP contribution is 2.44. The van der Waals surface area contributed by atoms with Gasteiger partial charge in [0.05, 0.1) is 0 Å². The van der Waals surface area contributed by atoms with Gasteiger partial charge in [-0.05, 0) is 72.8 Å². The van der Waals surface area contributed by atoms with Gasteiger partial charge in [0.25, 0.3) is 0 Å². The van der Waals surface area contributed by atoms with Crippen molar-refractivity contribution < 1.29 is 0 Å². The van der Waals surface area contributed by atoms with Gasteiger partial charge >= 0.3 is 0 Å². The molecule has 0 fully saturated rings. The zero-order valence-electron chi connectivity index (χ0n) is 29.6. The van der Waals surface area contributed by atoms with Crippen molar-refractivity contribution in [2.24, 2.45) is 0 Å². The molecular weight excluding hydrogens is 687 g/mol. The van der Waals surface area contributed by atoms with Crippen LogP contribution in [-0.2, 0) is 0 Å². The minimum Gasteiger partial charge on any atom is -0.208 e. The van der Waals surface area contributed by atoms with Crippen LogP contribution < -0.4 is 0 Å². The minimum absolute atomic E-state index is 0.639. The molecule has 256 valence electrons. The van der Waals surface area contributed by atoms with Crippen LogP contribution in [0.2, 0.25) is 0 Å². The summed E-state index contributed by atoms with van der Waals surface area (Å²) in [5, 5.41) is 9.52. The molecule has 0 aliphatic carbocycles. The third-order valence-electron chi connectivity index (χ3n) is 10.7. The number of hydrogen-bond acceptors (Lipinski definition) is 4. The summed E-state index contributed by atoms with van der Waals surface area (Å²) in [4.78, 5) is 16.3. The van der Waals surface area contributed by atoms with E-state index in [2.05, 4.69) is 188 Å². The molecule has 11 rings (SSSR count). The summed E-state index contributed by atoms with van der Waals surface area (Å²) in [7, 11) is 0. The molecule has 0 amide bonds. The monoisotopic (exact) mass is 717 g/mol. The van der Waals surface area contributed by atoms with E-state index in [0.717, 1.165) is 49.7 Å². The van der Waals surface area contributed by atoms with Crippen molar-refractivity contribution in [2.75, 3.05) is 0 Å². The summed E-state index contributed by atoms with van der Waals surface area (Å²) in [6, 6.07) is 66.8. The van der Waals surface area contributed by atoms with Gasteiger partial charge in [0.2, 0.25) is 0 Å². The Morgan fingerprint density at radius 1 is 0.309 bits per heavy atom. The lowest BCUT2D eigenvalue weighted by molar-refractivity contribution is 1.08. The molecule has 0 N–H and O–H groups in total. The van der Waals surface area contributed by atoms with E-state index < -0.39 is 0 Å². The van der Waals surface area contributed by atoms with Crippen LogP contribution in [0.15, 0.2) is 188 Å². The Labute approximate surface area is 321 Å². The zero-order chi connectivity index (χ0) is 36.3. The number of thiophene rings is 1. The predicted octanol–water partition coefficient (Wildman–Crippen LogP) is 14.0. The van der Waals surface area contributed by atoms with E-state index in [0.29, 0.717) is 17.5 Å². The van der Waals surface area contributed by atoms with Crippen molar-refractivity contribution in [3.8, 4) is 56.4 Å². The van der Waals surface area contributed by atoms with Gasteiger partial charge in [-0.25, -0.2) is 15.0 Å². The SMILES string of the molecule is c1ccc(-c2ccccc2-c2nc(-c3c(-c4cc5ccccc5c5ccccc45)ccc4ccccc34)nc(-c3cccc4c3sc3ccccc34)n2)cc1. The molecule has 55 heavy (non-hydrogen) atoms. The summed E-state index contributed by atoms with van der Waals surface area (Å²) in [5.74, 6) is 1.94. The van der Waals surface area contributed by atoms with Crippen molar-refractivity contribution in [3.05, 3.63) is 188 Å². The van der Waals surface area contributed by atoms with E-state index in [1.807, 2.05) is 0 Å². The van der Waals surface area contributed by atoms with Crippen molar-refractivity contribution in [3.63, 3.8) is 0 Å². The molecule has 4 heteroatoms. The average molecular weight is 718 g/mol. The molecule has 2 heterocycles. The van der Waals surface area contributed by atoms with Gasteiger partial charge in [-0.1, -0.05) is 170 Å². The Kier molecular flexibility index (Phi) is 7.35. The largest absolute Gasteiger partial charge is 0.208 e. The van der Waals surface area contributed by atoms with Gasteiger partial charge in [0.1, 0.15) is 0 Å². The highest BCUT2D eigenvalue weighted by Gasteiger charge is 2.22. The highest BCUT2D eigenvalue weighted by molar-refractivity contribution is 7.26. The molecule has 0 radical (unpaired) electrons. The quantitative estimate of drug-likeness (QED) is 0.166. The molecule has 11 aromatic rings. The Morgan fingerprint density at radius 3 is 1.73 bits per heavy atom. The molecule has 0 spiro atoms. The van der Waals surface area contributed by atoms with Crippen LogP contribution in [0, 0.1) is 0 Å². The van der Waals surface area contributed by atoms with Crippen molar-refractivity contribution >= 4 is 63.8 Å². The Bertz CT molecular complexity index is 3270. The summed E-state index contributed by atoms with van der Waals surface area (Å²) >= 11 is 1.79. The first-order valence-electron chi connectivity index (χ1n) is 18.5.